The van der Waals surface area contributed by atoms with Crippen LogP contribution in [0.4, 0.5) is 11.4 Å². The molecule has 31 heavy (non-hydrogen) atoms. The van der Waals surface area contributed by atoms with Gasteiger partial charge in [0.15, 0.2) is 0 Å². The number of rotatable bonds is 4. The Morgan fingerprint density at radius 1 is 0.677 bits per heavy atom. The van der Waals surface area contributed by atoms with E-state index >= 15 is 0 Å². The van der Waals surface area contributed by atoms with E-state index in [1.54, 1.807) is 0 Å². The lowest BCUT2D eigenvalue weighted by atomic mass is 9.98. The van der Waals surface area contributed by atoms with Gasteiger partial charge in [-0.25, -0.2) is 0 Å². The molecule has 2 nitrogen and oxygen atoms in total. The monoisotopic (exact) mass is 410 g/mol. The maximum Gasteiger partial charge on any atom is 0.128 e. The van der Waals surface area contributed by atoms with Crippen molar-refractivity contribution in [3.63, 3.8) is 0 Å². The van der Waals surface area contributed by atoms with Crippen LogP contribution >= 0.6 is 0 Å². The highest BCUT2D eigenvalue weighted by atomic mass is 15.4. The van der Waals surface area contributed by atoms with Gasteiger partial charge in [-0.1, -0.05) is 72.3 Å². The average Bonchev–Trinajstić information content (AvgIpc) is 3.10. The minimum absolute atomic E-state index is 0.0858. The van der Waals surface area contributed by atoms with Gasteiger partial charge in [0.25, 0.3) is 0 Å². The maximum atomic E-state index is 4.63. The minimum Gasteiger partial charge on any atom is -0.345 e. The van der Waals surface area contributed by atoms with Gasteiger partial charge in [0.05, 0.1) is 0 Å². The smallest absolute Gasteiger partial charge is 0.128 e. The number of nitrogens with zero attached hydrogens (tertiary/aromatic N) is 2. The standard InChI is InChI=1S/C29H34N2/c1-19-15-21(3)27(22(4)16-19)30-13-14-31(28-23(5)17-20(2)18-24(28)6)29(30)25(7)26-11-9-8-10-12-26/h8-12,15-18,29H,7,13-14H2,1-6H3. The van der Waals surface area contributed by atoms with Gasteiger partial charge in [0.2, 0.25) is 0 Å². The van der Waals surface area contributed by atoms with Crippen LogP contribution in [-0.2, 0) is 0 Å². The topological polar surface area (TPSA) is 6.48 Å². The summed E-state index contributed by atoms with van der Waals surface area (Å²) in [5.41, 5.74) is 13.0. The van der Waals surface area contributed by atoms with E-state index in [0.717, 1.165) is 18.7 Å². The fraction of sp³-hybridized carbons (Fsp3) is 0.310. The number of benzene rings is 3. The molecule has 1 fully saturated rings. The molecule has 3 aromatic rings. The average molecular weight is 411 g/mol. The van der Waals surface area contributed by atoms with Crippen LogP contribution < -0.4 is 9.80 Å². The van der Waals surface area contributed by atoms with E-state index in [9.17, 15) is 0 Å². The number of hydrogen-bond donors (Lipinski definition) is 0. The maximum absolute atomic E-state index is 4.63. The van der Waals surface area contributed by atoms with Crippen molar-refractivity contribution in [2.24, 2.45) is 0 Å². The lowest BCUT2D eigenvalue weighted by molar-refractivity contribution is 0.808. The van der Waals surface area contributed by atoms with Crippen molar-refractivity contribution < 1.29 is 0 Å². The van der Waals surface area contributed by atoms with Crippen LogP contribution in [0.5, 0.6) is 0 Å². The quantitative estimate of drug-likeness (QED) is 0.461. The molecule has 1 saturated heterocycles. The lowest BCUT2D eigenvalue weighted by Gasteiger charge is -2.37. The Bertz CT molecular complexity index is 1020. The molecule has 1 aliphatic rings. The van der Waals surface area contributed by atoms with Gasteiger partial charge in [-0.15, -0.1) is 0 Å². The molecule has 3 aromatic carbocycles. The van der Waals surface area contributed by atoms with Crippen LogP contribution in [0.25, 0.3) is 5.57 Å². The number of hydrogen-bond acceptors (Lipinski definition) is 2. The van der Waals surface area contributed by atoms with Crippen molar-refractivity contribution in [2.45, 2.75) is 47.7 Å². The van der Waals surface area contributed by atoms with E-state index in [1.807, 2.05) is 0 Å². The van der Waals surface area contributed by atoms with Crippen LogP contribution in [-0.4, -0.2) is 19.3 Å². The molecule has 0 bridgehead atoms. The van der Waals surface area contributed by atoms with Crippen molar-refractivity contribution in [3.05, 3.63) is 100 Å². The fourth-order valence-corrected chi connectivity index (χ4v) is 5.52. The summed E-state index contributed by atoms with van der Waals surface area (Å²) in [5.74, 6) is 0. The highest BCUT2D eigenvalue weighted by Crippen LogP contribution is 2.40. The summed E-state index contributed by atoms with van der Waals surface area (Å²) in [5, 5.41) is 0. The first-order valence-corrected chi connectivity index (χ1v) is 11.2. The molecule has 2 heteroatoms. The summed E-state index contributed by atoms with van der Waals surface area (Å²) in [7, 11) is 0. The van der Waals surface area contributed by atoms with Crippen molar-refractivity contribution in [1.29, 1.82) is 0 Å². The molecule has 0 amide bonds. The SMILES string of the molecule is C=C(c1ccccc1)C1N(c2c(C)cc(C)cc2C)CCN1c1c(C)cc(C)cc1C. The summed E-state index contributed by atoms with van der Waals surface area (Å²) >= 11 is 0. The molecule has 0 saturated carbocycles. The van der Waals surface area contributed by atoms with Gasteiger partial charge in [0.1, 0.15) is 6.17 Å². The number of anilines is 2. The first-order valence-electron chi connectivity index (χ1n) is 11.2. The Balaban J connectivity index is 1.87. The molecule has 0 N–H and O–H groups in total. The Morgan fingerprint density at radius 2 is 1.06 bits per heavy atom. The van der Waals surface area contributed by atoms with E-state index in [2.05, 4.69) is 113 Å². The van der Waals surface area contributed by atoms with Crippen LogP contribution in [0.3, 0.4) is 0 Å². The van der Waals surface area contributed by atoms with E-state index in [-0.39, 0.29) is 6.17 Å². The summed E-state index contributed by atoms with van der Waals surface area (Å²) in [4.78, 5) is 5.14. The third kappa shape index (κ3) is 3.87. The van der Waals surface area contributed by atoms with Gasteiger partial charge < -0.3 is 9.80 Å². The van der Waals surface area contributed by atoms with Crippen LogP contribution in [0, 0.1) is 41.5 Å². The predicted molar refractivity (Wildman–Crippen MR) is 135 cm³/mol. The molecule has 160 valence electrons. The summed E-state index contributed by atoms with van der Waals surface area (Å²) < 4.78 is 0. The Labute approximate surface area is 187 Å². The normalized spacial score (nSPS) is 14.4. The second kappa shape index (κ2) is 8.26. The molecule has 0 spiro atoms. The number of aryl methyl sites for hydroxylation is 6. The molecule has 0 unspecified atom stereocenters. The molecule has 0 aliphatic carbocycles. The molecule has 1 aliphatic heterocycles. The summed E-state index contributed by atoms with van der Waals surface area (Å²) in [6.45, 7) is 19.9. The zero-order valence-corrected chi connectivity index (χ0v) is 19.8. The van der Waals surface area contributed by atoms with Gasteiger partial charge in [-0.05, 0) is 74.9 Å². The molecule has 0 radical (unpaired) electrons. The van der Waals surface area contributed by atoms with E-state index in [1.165, 1.54) is 50.3 Å². The van der Waals surface area contributed by atoms with Gasteiger partial charge in [-0.2, -0.15) is 0 Å². The van der Waals surface area contributed by atoms with Crippen LogP contribution in [0.1, 0.15) is 38.9 Å². The highest BCUT2D eigenvalue weighted by Gasteiger charge is 2.37. The van der Waals surface area contributed by atoms with Crippen molar-refractivity contribution in [3.8, 4) is 0 Å². The lowest BCUT2D eigenvalue weighted by Crippen LogP contribution is -2.41. The van der Waals surface area contributed by atoms with Gasteiger partial charge in [-0.3, -0.25) is 0 Å². The van der Waals surface area contributed by atoms with Crippen molar-refractivity contribution in [1.82, 2.24) is 0 Å². The van der Waals surface area contributed by atoms with Crippen molar-refractivity contribution >= 4 is 16.9 Å². The molecule has 4 rings (SSSR count). The van der Waals surface area contributed by atoms with E-state index in [4.69, 9.17) is 0 Å². The summed E-state index contributed by atoms with van der Waals surface area (Å²) in [6, 6.07) is 19.9. The Hall–Kier alpha value is -3.00. The second-order valence-electron chi connectivity index (χ2n) is 9.15. The van der Waals surface area contributed by atoms with Gasteiger partial charge >= 0.3 is 0 Å². The van der Waals surface area contributed by atoms with Crippen molar-refractivity contribution in [2.75, 3.05) is 22.9 Å². The third-order valence-corrected chi connectivity index (χ3v) is 6.47. The molecular weight excluding hydrogens is 376 g/mol. The summed E-state index contributed by atoms with van der Waals surface area (Å²) in [6.07, 6.45) is 0.0858. The zero-order valence-electron chi connectivity index (χ0n) is 19.8. The third-order valence-electron chi connectivity index (χ3n) is 6.47. The van der Waals surface area contributed by atoms with Crippen LogP contribution in [0.15, 0.2) is 61.2 Å². The minimum atomic E-state index is 0.0858. The van der Waals surface area contributed by atoms with E-state index < -0.39 is 0 Å². The van der Waals surface area contributed by atoms with E-state index in [0.29, 0.717) is 0 Å². The molecular formula is C29H34N2. The predicted octanol–water partition coefficient (Wildman–Crippen LogP) is 6.90. The highest BCUT2D eigenvalue weighted by molar-refractivity contribution is 5.80. The fourth-order valence-electron chi connectivity index (χ4n) is 5.52. The second-order valence-corrected chi connectivity index (χ2v) is 9.15. The molecule has 0 aromatic heterocycles. The first-order chi connectivity index (χ1) is 14.8. The van der Waals surface area contributed by atoms with Gasteiger partial charge in [0, 0.05) is 24.5 Å². The Kier molecular flexibility index (Phi) is 5.66. The molecule has 1 heterocycles. The Morgan fingerprint density at radius 3 is 1.45 bits per heavy atom. The molecule has 0 atom stereocenters. The first kappa shape index (κ1) is 21.2. The largest absolute Gasteiger partial charge is 0.345 e. The zero-order chi connectivity index (χ0) is 22.3. The van der Waals surface area contributed by atoms with Crippen LogP contribution in [0.2, 0.25) is 0 Å².